The molecule has 2 aromatic rings. The second kappa shape index (κ2) is 8.53. The van der Waals surface area contributed by atoms with Gasteiger partial charge in [0.05, 0.1) is 11.9 Å². The molecule has 0 saturated heterocycles. The first kappa shape index (κ1) is 27.0. The van der Waals surface area contributed by atoms with Crippen molar-refractivity contribution >= 4 is 33.6 Å². The van der Waals surface area contributed by atoms with Crippen LogP contribution in [0.15, 0.2) is 24.8 Å². The van der Waals surface area contributed by atoms with E-state index in [0.29, 0.717) is 24.5 Å². The lowest BCUT2D eigenvalue weighted by Crippen LogP contribution is -2.48. The van der Waals surface area contributed by atoms with Gasteiger partial charge >= 0.3 is 0 Å². The molecule has 1 aliphatic rings. The van der Waals surface area contributed by atoms with Gasteiger partial charge in [0.2, 0.25) is 0 Å². The van der Waals surface area contributed by atoms with Crippen molar-refractivity contribution in [1.29, 1.82) is 0 Å². The lowest BCUT2D eigenvalue weighted by Gasteiger charge is -2.43. The molecule has 2 N–H and O–H groups in total. The fraction of sp³-hybridized carbons (Fsp3) is 0.720. The summed E-state index contributed by atoms with van der Waals surface area (Å²) in [5.74, 6) is 0.406. The second-order valence-corrected chi connectivity index (χ2v) is 23.0. The summed E-state index contributed by atoms with van der Waals surface area (Å²) in [5, 5.41) is 0.296. The highest BCUT2D eigenvalue weighted by atomic mass is 28.4. The van der Waals surface area contributed by atoms with Gasteiger partial charge in [-0.2, -0.15) is 0 Å². The van der Waals surface area contributed by atoms with Gasteiger partial charge in [-0.15, -0.1) is 0 Å². The number of allylic oxidation sites excluding steroid dienone is 1. The van der Waals surface area contributed by atoms with E-state index < -0.39 is 16.6 Å². The third kappa shape index (κ3) is 5.03. The molecule has 2 heterocycles. The van der Waals surface area contributed by atoms with Gasteiger partial charge in [-0.05, 0) is 49.6 Å². The van der Waals surface area contributed by atoms with E-state index in [1.54, 1.807) is 0 Å². The number of nitrogens with two attached hydrogens (primary N) is 1. The maximum absolute atomic E-state index is 6.80. The second-order valence-electron chi connectivity index (χ2n) is 13.4. The van der Waals surface area contributed by atoms with Gasteiger partial charge < -0.3 is 19.2 Å². The van der Waals surface area contributed by atoms with E-state index in [9.17, 15) is 0 Å². The largest absolute Gasteiger partial charge is 0.416 e. The van der Waals surface area contributed by atoms with Gasteiger partial charge in [0, 0.05) is 18.6 Å². The van der Waals surface area contributed by atoms with Gasteiger partial charge in [0.1, 0.15) is 11.8 Å². The highest BCUT2D eigenvalue weighted by molar-refractivity contribution is 6.74. The number of imidazole rings is 1. The monoisotopic (exact) mass is 503 g/mol. The van der Waals surface area contributed by atoms with Crippen LogP contribution in [0.5, 0.6) is 0 Å². The highest BCUT2D eigenvalue weighted by Gasteiger charge is 2.48. The summed E-state index contributed by atoms with van der Waals surface area (Å²) >= 11 is 0. The van der Waals surface area contributed by atoms with Gasteiger partial charge in [-0.1, -0.05) is 53.7 Å². The normalized spacial score (nSPS) is 21.5. The maximum atomic E-state index is 6.80. The van der Waals surface area contributed by atoms with Gasteiger partial charge in [0.15, 0.2) is 28.1 Å². The summed E-state index contributed by atoms with van der Waals surface area (Å²) in [5.41, 5.74) is 6.92. The van der Waals surface area contributed by atoms with Crippen LogP contribution < -0.4 is 5.73 Å². The Labute approximate surface area is 207 Å². The summed E-state index contributed by atoms with van der Waals surface area (Å²) in [6, 6.07) is 0. The van der Waals surface area contributed by atoms with E-state index in [-0.39, 0.29) is 21.0 Å². The number of nitrogen functional groups attached to an aromatic ring is 1. The lowest BCUT2D eigenvalue weighted by atomic mass is 9.84. The number of rotatable bonds is 7. The average Bonchev–Trinajstić information content (AvgIpc) is 3.27. The molecule has 3 rings (SSSR count). The summed E-state index contributed by atoms with van der Waals surface area (Å²) in [7, 11) is -3.86. The van der Waals surface area contributed by atoms with Crippen molar-refractivity contribution in [2.45, 2.75) is 96.7 Å². The molecule has 1 atom stereocenters. The molecular formula is C25H45N5O2Si2. The third-order valence-corrected chi connectivity index (χ3v) is 17.4. The molecule has 2 aromatic heterocycles. The number of hydrogen-bond donors (Lipinski definition) is 1. The molecule has 0 bridgehead atoms. The Kier molecular flexibility index (Phi) is 6.79. The Balaban J connectivity index is 1.94. The Morgan fingerprint density at radius 2 is 1.44 bits per heavy atom. The summed E-state index contributed by atoms with van der Waals surface area (Å²) in [6.45, 7) is 26.5. The van der Waals surface area contributed by atoms with Crippen molar-refractivity contribution in [3.63, 3.8) is 0 Å². The molecule has 1 aliphatic carbocycles. The first-order chi connectivity index (χ1) is 15.3. The minimum atomic E-state index is -1.93. The Morgan fingerprint density at radius 1 is 0.912 bits per heavy atom. The standard InChI is InChI=1S/C25H45N5O2Si2/c1-22(2,3)33(8,9)31-15-25(16-32-34(10,11)23(4,5)6)13-12-24(7,14-25)30-18-29-19-20(26)27-17-28-21(19)30/h12-13,17-18H,14-16H2,1-11H3,(H2,26,27,28). The van der Waals surface area contributed by atoms with Crippen LogP contribution in [0.25, 0.3) is 11.2 Å². The predicted octanol–water partition coefficient (Wildman–Crippen LogP) is 6.11. The predicted molar refractivity (Wildman–Crippen MR) is 146 cm³/mol. The molecule has 190 valence electrons. The number of aromatic nitrogens is 4. The van der Waals surface area contributed by atoms with Crippen molar-refractivity contribution in [2.75, 3.05) is 18.9 Å². The summed E-state index contributed by atoms with van der Waals surface area (Å²) < 4.78 is 15.7. The van der Waals surface area contributed by atoms with Crippen molar-refractivity contribution in [3.8, 4) is 0 Å². The zero-order valence-corrected chi connectivity index (χ0v) is 25.1. The minimum Gasteiger partial charge on any atom is -0.416 e. The van der Waals surface area contributed by atoms with Crippen LogP contribution in [0.3, 0.4) is 0 Å². The van der Waals surface area contributed by atoms with Crippen LogP contribution in [0.2, 0.25) is 36.3 Å². The van der Waals surface area contributed by atoms with E-state index in [4.69, 9.17) is 14.6 Å². The van der Waals surface area contributed by atoms with Gasteiger partial charge in [-0.25, -0.2) is 15.0 Å². The smallest absolute Gasteiger partial charge is 0.192 e. The van der Waals surface area contributed by atoms with E-state index in [0.717, 1.165) is 12.1 Å². The molecule has 7 nitrogen and oxygen atoms in total. The van der Waals surface area contributed by atoms with E-state index in [2.05, 4.69) is 106 Å². The molecule has 0 spiro atoms. The number of nitrogens with zero attached hydrogens (tertiary/aromatic N) is 4. The van der Waals surface area contributed by atoms with Crippen LogP contribution in [0, 0.1) is 5.41 Å². The topological polar surface area (TPSA) is 88.1 Å². The molecule has 0 aliphatic heterocycles. The zero-order valence-electron chi connectivity index (χ0n) is 23.1. The van der Waals surface area contributed by atoms with E-state index in [1.807, 2.05) is 6.33 Å². The molecule has 0 aromatic carbocycles. The summed E-state index contributed by atoms with van der Waals surface area (Å²) in [6.07, 6.45) is 8.78. The van der Waals surface area contributed by atoms with Crippen LogP contribution in [0.4, 0.5) is 5.82 Å². The fourth-order valence-electron chi connectivity index (χ4n) is 3.90. The minimum absolute atomic E-state index is 0.148. The van der Waals surface area contributed by atoms with Crippen LogP contribution in [-0.2, 0) is 14.4 Å². The molecule has 0 fully saturated rings. The SMILES string of the molecule is CC1(n2cnc3c(N)ncnc32)C=CC(CO[Si](C)(C)C(C)(C)C)(CO[Si](C)(C)C(C)(C)C)C1. The van der Waals surface area contributed by atoms with E-state index >= 15 is 0 Å². The van der Waals surface area contributed by atoms with Crippen molar-refractivity contribution in [1.82, 2.24) is 19.5 Å². The molecule has 0 amide bonds. The quantitative estimate of drug-likeness (QED) is 0.362. The third-order valence-electron chi connectivity index (χ3n) is 8.47. The maximum Gasteiger partial charge on any atom is 0.192 e. The van der Waals surface area contributed by atoms with Crippen molar-refractivity contribution < 1.29 is 8.85 Å². The first-order valence-electron chi connectivity index (χ1n) is 12.3. The Bertz CT molecular complexity index is 1040. The summed E-state index contributed by atoms with van der Waals surface area (Å²) in [4.78, 5) is 13.1. The van der Waals surface area contributed by atoms with E-state index in [1.165, 1.54) is 6.33 Å². The first-order valence-corrected chi connectivity index (χ1v) is 18.1. The molecule has 0 saturated carbocycles. The van der Waals surface area contributed by atoms with Crippen molar-refractivity contribution in [3.05, 3.63) is 24.8 Å². The number of anilines is 1. The van der Waals surface area contributed by atoms with Crippen LogP contribution in [0.1, 0.15) is 54.9 Å². The van der Waals surface area contributed by atoms with Crippen molar-refractivity contribution in [2.24, 2.45) is 5.41 Å². The van der Waals surface area contributed by atoms with Gasteiger partial charge in [0.25, 0.3) is 0 Å². The molecule has 1 unspecified atom stereocenters. The number of hydrogen-bond acceptors (Lipinski definition) is 6. The molecule has 9 heteroatoms. The number of fused-ring (bicyclic) bond motifs is 1. The van der Waals surface area contributed by atoms with Crippen LogP contribution >= 0.6 is 0 Å². The Morgan fingerprint density at radius 3 is 1.94 bits per heavy atom. The molecule has 34 heavy (non-hydrogen) atoms. The van der Waals surface area contributed by atoms with Gasteiger partial charge in [-0.3, -0.25) is 0 Å². The highest BCUT2D eigenvalue weighted by Crippen LogP contribution is 2.47. The average molecular weight is 504 g/mol. The fourth-order valence-corrected chi connectivity index (χ4v) is 6.06. The Hall–Kier alpha value is -1.56. The lowest BCUT2D eigenvalue weighted by molar-refractivity contribution is 0.0846. The zero-order chi connectivity index (χ0) is 25.8. The van der Waals surface area contributed by atoms with Crippen LogP contribution in [-0.4, -0.2) is 49.4 Å². The molecular weight excluding hydrogens is 458 g/mol. The molecule has 0 radical (unpaired) electrons.